The Morgan fingerprint density at radius 1 is 1.10 bits per heavy atom. The number of ether oxygens (including phenoxy) is 1. The molecule has 0 amide bonds. The van der Waals surface area contributed by atoms with E-state index in [1.54, 1.807) is 6.20 Å². The van der Waals surface area contributed by atoms with Crippen LogP contribution in [0.5, 0.6) is 11.5 Å². The highest BCUT2D eigenvalue weighted by Gasteiger charge is 2.06. The van der Waals surface area contributed by atoms with Gasteiger partial charge in [0.25, 0.3) is 0 Å². The fourth-order valence-electron chi connectivity index (χ4n) is 2.24. The van der Waals surface area contributed by atoms with Crippen LogP contribution in [0.4, 0.5) is 0 Å². The summed E-state index contributed by atoms with van der Waals surface area (Å²) in [5.74, 6) is 1.47. The fourth-order valence-corrected chi connectivity index (χ4v) is 2.51. The Morgan fingerprint density at radius 2 is 2.00 bits per heavy atom. The zero-order valence-electron chi connectivity index (χ0n) is 11.4. The highest BCUT2D eigenvalue weighted by Crippen LogP contribution is 2.31. The molecule has 0 unspecified atom stereocenters. The first-order chi connectivity index (χ1) is 10.3. The van der Waals surface area contributed by atoms with Crippen LogP contribution in [-0.2, 0) is 6.42 Å². The maximum Gasteiger partial charge on any atom is 0.136 e. The van der Waals surface area contributed by atoms with Crippen LogP contribution in [0.3, 0.4) is 0 Å². The predicted octanol–water partition coefficient (Wildman–Crippen LogP) is 4.18. The molecule has 0 spiro atoms. The highest BCUT2D eigenvalue weighted by atomic mass is 35.5. The van der Waals surface area contributed by atoms with Crippen LogP contribution in [-0.4, -0.2) is 11.5 Å². The summed E-state index contributed by atoms with van der Waals surface area (Å²) in [4.78, 5) is 4.32. The molecule has 3 nitrogen and oxygen atoms in total. The molecule has 4 heteroatoms. The van der Waals surface area contributed by atoms with Gasteiger partial charge in [0, 0.05) is 16.6 Å². The molecular weight excluding hydrogens is 284 g/mol. The van der Waals surface area contributed by atoms with Crippen molar-refractivity contribution in [1.29, 1.82) is 0 Å². The van der Waals surface area contributed by atoms with Crippen LogP contribution in [0.2, 0.25) is 5.02 Å². The third-order valence-corrected chi connectivity index (χ3v) is 3.62. The second-order valence-electron chi connectivity index (χ2n) is 4.72. The lowest BCUT2D eigenvalue weighted by atomic mass is 10.1. The second-order valence-corrected chi connectivity index (χ2v) is 5.13. The van der Waals surface area contributed by atoms with Gasteiger partial charge in [-0.15, -0.1) is 0 Å². The van der Waals surface area contributed by atoms with Gasteiger partial charge < -0.3 is 10.5 Å². The van der Waals surface area contributed by atoms with Crippen molar-refractivity contribution in [3.63, 3.8) is 0 Å². The summed E-state index contributed by atoms with van der Waals surface area (Å²) in [6, 6.07) is 15.4. The molecule has 1 aromatic heterocycles. The molecule has 0 saturated heterocycles. The minimum Gasteiger partial charge on any atom is -0.457 e. The van der Waals surface area contributed by atoms with E-state index in [1.165, 1.54) is 0 Å². The lowest BCUT2D eigenvalue weighted by Crippen LogP contribution is -2.03. The molecule has 0 bridgehead atoms. The van der Waals surface area contributed by atoms with Crippen molar-refractivity contribution in [3.05, 3.63) is 65.3 Å². The van der Waals surface area contributed by atoms with Crippen molar-refractivity contribution < 1.29 is 4.74 Å². The van der Waals surface area contributed by atoms with E-state index in [-0.39, 0.29) is 0 Å². The Hall–Kier alpha value is -2.10. The topological polar surface area (TPSA) is 48.1 Å². The van der Waals surface area contributed by atoms with E-state index in [2.05, 4.69) is 4.98 Å². The maximum absolute atomic E-state index is 6.24. The molecule has 2 aromatic carbocycles. The van der Waals surface area contributed by atoms with Gasteiger partial charge >= 0.3 is 0 Å². The first kappa shape index (κ1) is 13.9. The van der Waals surface area contributed by atoms with Crippen molar-refractivity contribution in [1.82, 2.24) is 4.98 Å². The smallest absolute Gasteiger partial charge is 0.136 e. The van der Waals surface area contributed by atoms with Crippen molar-refractivity contribution in [3.8, 4) is 11.5 Å². The Kier molecular flexibility index (Phi) is 4.04. The molecule has 21 heavy (non-hydrogen) atoms. The summed E-state index contributed by atoms with van der Waals surface area (Å²) >= 11 is 6.24. The number of nitrogens with two attached hydrogens (primary N) is 1. The summed E-state index contributed by atoms with van der Waals surface area (Å²) in [6.07, 6.45) is 2.53. The number of halogens is 1. The minimum atomic E-state index is 0.578. The average molecular weight is 299 g/mol. The number of fused-ring (bicyclic) bond motifs is 1. The molecule has 0 aliphatic rings. The number of pyridine rings is 1. The first-order valence-corrected chi connectivity index (χ1v) is 7.16. The summed E-state index contributed by atoms with van der Waals surface area (Å²) < 4.78 is 5.95. The van der Waals surface area contributed by atoms with E-state index in [1.807, 2.05) is 48.5 Å². The van der Waals surface area contributed by atoms with Crippen LogP contribution in [0, 0.1) is 0 Å². The van der Waals surface area contributed by atoms with Gasteiger partial charge in [-0.3, -0.25) is 4.98 Å². The quantitative estimate of drug-likeness (QED) is 0.786. The van der Waals surface area contributed by atoms with Crippen LogP contribution >= 0.6 is 11.6 Å². The van der Waals surface area contributed by atoms with E-state index in [0.717, 1.165) is 28.6 Å². The third kappa shape index (κ3) is 2.99. The predicted molar refractivity (Wildman–Crippen MR) is 86.0 cm³/mol. The van der Waals surface area contributed by atoms with E-state index >= 15 is 0 Å². The SMILES string of the molecule is NCCc1ccc(Oc2cccc3ncccc23)cc1Cl. The Bertz CT molecular complexity index is 768. The molecule has 0 saturated carbocycles. The fraction of sp³-hybridized carbons (Fsp3) is 0.118. The molecule has 1 heterocycles. The third-order valence-electron chi connectivity index (χ3n) is 3.27. The molecule has 3 rings (SSSR count). The standard InChI is InChI=1S/C17H15ClN2O/c18-15-11-13(7-6-12(15)8-9-19)21-17-5-1-4-16-14(17)3-2-10-20-16/h1-7,10-11H,8-9,19H2. The average Bonchev–Trinajstić information content (AvgIpc) is 2.51. The molecule has 106 valence electrons. The second kappa shape index (κ2) is 6.12. The number of hydrogen-bond donors (Lipinski definition) is 1. The Balaban J connectivity index is 1.93. The molecule has 2 N–H and O–H groups in total. The van der Waals surface area contributed by atoms with Crippen molar-refractivity contribution in [2.75, 3.05) is 6.54 Å². The summed E-state index contributed by atoms with van der Waals surface area (Å²) in [6.45, 7) is 0.578. The van der Waals surface area contributed by atoms with E-state index in [4.69, 9.17) is 22.1 Å². The van der Waals surface area contributed by atoms with Gasteiger partial charge in [0.2, 0.25) is 0 Å². The van der Waals surface area contributed by atoms with Gasteiger partial charge in [-0.05, 0) is 54.9 Å². The molecule has 0 radical (unpaired) electrons. The van der Waals surface area contributed by atoms with Gasteiger partial charge in [0.05, 0.1) is 5.52 Å². The summed E-state index contributed by atoms with van der Waals surface area (Å²) in [5, 5.41) is 1.65. The molecule has 0 fully saturated rings. The van der Waals surface area contributed by atoms with Crippen LogP contribution in [0.25, 0.3) is 10.9 Å². The van der Waals surface area contributed by atoms with Gasteiger partial charge in [0.1, 0.15) is 11.5 Å². The van der Waals surface area contributed by atoms with Crippen LogP contribution < -0.4 is 10.5 Å². The van der Waals surface area contributed by atoms with Gasteiger partial charge in [-0.25, -0.2) is 0 Å². The largest absolute Gasteiger partial charge is 0.457 e. The van der Waals surface area contributed by atoms with Gasteiger partial charge in [-0.1, -0.05) is 23.7 Å². The molecule has 0 aliphatic heterocycles. The van der Waals surface area contributed by atoms with Gasteiger partial charge in [0.15, 0.2) is 0 Å². The van der Waals surface area contributed by atoms with Crippen molar-refractivity contribution in [2.45, 2.75) is 6.42 Å². The van der Waals surface area contributed by atoms with Crippen LogP contribution in [0.15, 0.2) is 54.7 Å². The number of hydrogen-bond acceptors (Lipinski definition) is 3. The van der Waals surface area contributed by atoms with Crippen molar-refractivity contribution in [2.24, 2.45) is 5.73 Å². The van der Waals surface area contributed by atoms with Crippen LogP contribution in [0.1, 0.15) is 5.56 Å². The summed E-state index contributed by atoms with van der Waals surface area (Å²) in [5.41, 5.74) is 7.49. The maximum atomic E-state index is 6.24. The normalized spacial score (nSPS) is 10.8. The van der Waals surface area contributed by atoms with E-state index in [9.17, 15) is 0 Å². The number of aromatic nitrogens is 1. The Labute approximate surface area is 128 Å². The highest BCUT2D eigenvalue weighted by molar-refractivity contribution is 6.31. The van der Waals surface area contributed by atoms with Crippen molar-refractivity contribution >= 4 is 22.5 Å². The molecule has 3 aromatic rings. The zero-order chi connectivity index (χ0) is 14.7. The summed E-state index contributed by atoms with van der Waals surface area (Å²) in [7, 11) is 0. The lowest BCUT2D eigenvalue weighted by Gasteiger charge is -2.10. The monoisotopic (exact) mass is 298 g/mol. The minimum absolute atomic E-state index is 0.578. The first-order valence-electron chi connectivity index (χ1n) is 6.78. The zero-order valence-corrected chi connectivity index (χ0v) is 12.2. The number of benzene rings is 2. The number of rotatable bonds is 4. The Morgan fingerprint density at radius 3 is 2.81 bits per heavy atom. The van der Waals surface area contributed by atoms with E-state index < -0.39 is 0 Å². The van der Waals surface area contributed by atoms with Gasteiger partial charge in [-0.2, -0.15) is 0 Å². The van der Waals surface area contributed by atoms with E-state index in [0.29, 0.717) is 17.3 Å². The molecular formula is C17H15ClN2O. The lowest BCUT2D eigenvalue weighted by molar-refractivity contribution is 0.488. The molecule has 0 aliphatic carbocycles. The number of nitrogens with zero attached hydrogens (tertiary/aromatic N) is 1. The molecule has 0 atom stereocenters.